The SMILES string of the molecule is [C-]#[N+]c1ccc(S(=O)(=O)NC(=O)C=Cc2ccc(C(=C(CC)c3ccccc3)c3ccccc3)cc2)cc1. The van der Waals surface area contributed by atoms with E-state index in [4.69, 9.17) is 6.57 Å². The van der Waals surface area contributed by atoms with Crippen molar-refractivity contribution in [1.29, 1.82) is 0 Å². The van der Waals surface area contributed by atoms with Crippen molar-refractivity contribution < 1.29 is 13.2 Å². The monoisotopic (exact) mass is 518 g/mol. The summed E-state index contributed by atoms with van der Waals surface area (Å²) < 4.78 is 27.0. The predicted molar refractivity (Wildman–Crippen MR) is 153 cm³/mol. The minimum atomic E-state index is -4.04. The summed E-state index contributed by atoms with van der Waals surface area (Å²) in [6, 6.07) is 33.7. The molecule has 0 spiro atoms. The van der Waals surface area contributed by atoms with Crippen LogP contribution in [-0.2, 0) is 14.8 Å². The van der Waals surface area contributed by atoms with E-state index in [1.807, 2.05) is 65.4 Å². The zero-order valence-corrected chi connectivity index (χ0v) is 21.7. The van der Waals surface area contributed by atoms with Crippen LogP contribution in [0.15, 0.2) is 120 Å². The third kappa shape index (κ3) is 6.33. The second-order valence-electron chi connectivity index (χ2n) is 8.47. The summed E-state index contributed by atoms with van der Waals surface area (Å²) in [5.41, 5.74) is 6.78. The molecule has 0 bridgehead atoms. The lowest BCUT2D eigenvalue weighted by molar-refractivity contribution is -0.114. The molecule has 0 fully saturated rings. The van der Waals surface area contributed by atoms with E-state index in [9.17, 15) is 13.2 Å². The Balaban J connectivity index is 1.57. The van der Waals surface area contributed by atoms with Crippen LogP contribution in [0.3, 0.4) is 0 Å². The fourth-order valence-electron chi connectivity index (χ4n) is 4.14. The number of hydrogen-bond donors (Lipinski definition) is 1. The van der Waals surface area contributed by atoms with Gasteiger partial charge in [0.2, 0.25) is 0 Å². The Morgan fingerprint density at radius 2 is 1.34 bits per heavy atom. The zero-order chi connectivity index (χ0) is 27.0. The molecule has 0 aliphatic rings. The number of amides is 1. The smallest absolute Gasteiger partial charge is 0.264 e. The molecule has 38 heavy (non-hydrogen) atoms. The van der Waals surface area contributed by atoms with Crippen LogP contribution in [0, 0.1) is 6.57 Å². The van der Waals surface area contributed by atoms with Crippen molar-refractivity contribution in [3.8, 4) is 0 Å². The highest BCUT2D eigenvalue weighted by molar-refractivity contribution is 7.90. The lowest BCUT2D eigenvalue weighted by Crippen LogP contribution is -2.28. The topological polar surface area (TPSA) is 67.6 Å². The molecule has 4 aromatic carbocycles. The van der Waals surface area contributed by atoms with Crippen molar-refractivity contribution in [3.05, 3.63) is 149 Å². The van der Waals surface area contributed by atoms with Crippen LogP contribution in [0.5, 0.6) is 0 Å². The fourth-order valence-corrected chi connectivity index (χ4v) is 5.09. The first-order valence-corrected chi connectivity index (χ1v) is 13.6. The first-order chi connectivity index (χ1) is 18.4. The summed E-state index contributed by atoms with van der Waals surface area (Å²) in [5.74, 6) is -0.759. The molecule has 0 aliphatic carbocycles. The van der Waals surface area contributed by atoms with Crippen LogP contribution in [0.25, 0.3) is 22.1 Å². The van der Waals surface area contributed by atoms with Crippen LogP contribution >= 0.6 is 0 Å². The lowest BCUT2D eigenvalue weighted by Gasteiger charge is -2.16. The molecule has 0 unspecified atom stereocenters. The molecule has 0 saturated carbocycles. The first-order valence-electron chi connectivity index (χ1n) is 12.1. The van der Waals surface area contributed by atoms with Gasteiger partial charge in [0.25, 0.3) is 15.9 Å². The Morgan fingerprint density at radius 1 is 0.789 bits per heavy atom. The van der Waals surface area contributed by atoms with Gasteiger partial charge < -0.3 is 0 Å². The predicted octanol–water partition coefficient (Wildman–Crippen LogP) is 7.12. The molecule has 1 N–H and O–H groups in total. The summed E-state index contributed by atoms with van der Waals surface area (Å²) in [7, 11) is -4.04. The van der Waals surface area contributed by atoms with Crippen LogP contribution in [0.1, 0.15) is 35.6 Å². The molecular weight excluding hydrogens is 492 g/mol. The molecule has 0 heterocycles. The maximum absolute atomic E-state index is 12.5. The minimum absolute atomic E-state index is 0.0821. The van der Waals surface area contributed by atoms with E-state index in [0.29, 0.717) is 5.69 Å². The average Bonchev–Trinajstić information content (AvgIpc) is 2.96. The maximum Gasteiger partial charge on any atom is 0.264 e. The summed E-state index contributed by atoms with van der Waals surface area (Å²) >= 11 is 0. The Labute approximate surface area is 223 Å². The van der Waals surface area contributed by atoms with Gasteiger partial charge in [-0.05, 0) is 45.9 Å². The van der Waals surface area contributed by atoms with Crippen LogP contribution in [0.2, 0.25) is 0 Å². The number of hydrogen-bond acceptors (Lipinski definition) is 3. The van der Waals surface area contributed by atoms with Crippen molar-refractivity contribution in [3.63, 3.8) is 0 Å². The van der Waals surface area contributed by atoms with E-state index in [-0.39, 0.29) is 4.90 Å². The fraction of sp³-hybridized carbons (Fsp3) is 0.0625. The summed E-state index contributed by atoms with van der Waals surface area (Å²) in [6.45, 7) is 9.11. The molecule has 0 aromatic heterocycles. The summed E-state index contributed by atoms with van der Waals surface area (Å²) in [4.78, 5) is 15.5. The van der Waals surface area contributed by atoms with Gasteiger partial charge in [0.05, 0.1) is 11.5 Å². The van der Waals surface area contributed by atoms with Crippen LogP contribution < -0.4 is 4.72 Å². The molecular formula is C32H26N2O3S. The average molecular weight is 519 g/mol. The van der Waals surface area contributed by atoms with Crippen molar-refractivity contribution in [2.24, 2.45) is 0 Å². The van der Waals surface area contributed by atoms with E-state index in [1.165, 1.54) is 41.5 Å². The van der Waals surface area contributed by atoms with Gasteiger partial charge in [-0.25, -0.2) is 18.0 Å². The van der Waals surface area contributed by atoms with Gasteiger partial charge in [-0.1, -0.05) is 116 Å². The number of sulfonamides is 1. The Bertz CT molecular complexity index is 1620. The van der Waals surface area contributed by atoms with Crippen LogP contribution in [-0.4, -0.2) is 14.3 Å². The van der Waals surface area contributed by atoms with E-state index in [1.54, 1.807) is 6.08 Å². The largest absolute Gasteiger partial charge is 0.269 e. The molecule has 4 rings (SSSR count). The van der Waals surface area contributed by atoms with Crippen molar-refractivity contribution >= 4 is 38.8 Å². The number of nitrogens with one attached hydrogen (secondary N) is 1. The molecule has 5 nitrogen and oxygen atoms in total. The van der Waals surface area contributed by atoms with Gasteiger partial charge in [0.15, 0.2) is 5.69 Å². The van der Waals surface area contributed by atoms with Crippen LogP contribution in [0.4, 0.5) is 5.69 Å². The van der Waals surface area contributed by atoms with Gasteiger partial charge in [-0.3, -0.25) is 4.79 Å². The van der Waals surface area contributed by atoms with Gasteiger partial charge >= 0.3 is 0 Å². The molecule has 6 heteroatoms. The number of carbonyl (C=O) groups excluding carboxylic acids is 1. The minimum Gasteiger partial charge on any atom is -0.269 e. The van der Waals surface area contributed by atoms with Gasteiger partial charge in [0.1, 0.15) is 0 Å². The number of carbonyl (C=O) groups is 1. The molecule has 4 aromatic rings. The van der Waals surface area contributed by atoms with Gasteiger partial charge in [-0.2, -0.15) is 0 Å². The summed E-state index contributed by atoms with van der Waals surface area (Å²) in [5, 5.41) is 0. The summed E-state index contributed by atoms with van der Waals surface area (Å²) in [6.07, 6.45) is 3.61. The second-order valence-corrected chi connectivity index (χ2v) is 10.2. The molecule has 0 atom stereocenters. The lowest BCUT2D eigenvalue weighted by atomic mass is 9.88. The number of allylic oxidation sites excluding steroid dienone is 1. The number of benzene rings is 4. The third-order valence-corrected chi connectivity index (χ3v) is 7.34. The van der Waals surface area contributed by atoms with E-state index in [2.05, 4.69) is 36.0 Å². The van der Waals surface area contributed by atoms with E-state index >= 15 is 0 Å². The van der Waals surface area contributed by atoms with Gasteiger partial charge in [-0.15, -0.1) is 0 Å². The second kappa shape index (κ2) is 12.0. The van der Waals surface area contributed by atoms with Crippen molar-refractivity contribution in [2.75, 3.05) is 0 Å². The normalized spacial score (nSPS) is 12.0. The quantitative estimate of drug-likeness (QED) is 0.153. The third-order valence-electron chi connectivity index (χ3n) is 5.98. The highest BCUT2D eigenvalue weighted by Gasteiger charge is 2.16. The molecule has 0 saturated heterocycles. The standard InChI is InChI=1S/C32H26N2O3S/c1-3-30(25-10-6-4-7-11-25)32(26-12-8-5-9-13-26)27-17-14-24(15-18-27)16-23-31(35)34-38(36,37)29-21-19-28(33-2)20-22-29/h4-23H,3H2,1H3,(H,34,35). The van der Waals surface area contributed by atoms with Crippen molar-refractivity contribution in [2.45, 2.75) is 18.2 Å². The Kier molecular flexibility index (Phi) is 8.32. The van der Waals surface area contributed by atoms with E-state index in [0.717, 1.165) is 28.7 Å². The van der Waals surface area contributed by atoms with Crippen molar-refractivity contribution in [1.82, 2.24) is 4.72 Å². The van der Waals surface area contributed by atoms with E-state index < -0.39 is 15.9 Å². The maximum atomic E-state index is 12.5. The Hall–Kier alpha value is -4.73. The zero-order valence-electron chi connectivity index (χ0n) is 20.8. The van der Waals surface area contributed by atoms with Gasteiger partial charge in [0, 0.05) is 6.08 Å². The Morgan fingerprint density at radius 3 is 1.89 bits per heavy atom. The number of rotatable bonds is 8. The first kappa shape index (κ1) is 26.3. The highest BCUT2D eigenvalue weighted by Crippen LogP contribution is 2.34. The number of nitrogens with zero attached hydrogens (tertiary/aromatic N) is 1. The molecule has 188 valence electrons. The molecule has 0 radical (unpaired) electrons. The molecule has 0 aliphatic heterocycles. The highest BCUT2D eigenvalue weighted by atomic mass is 32.2. The molecule has 1 amide bonds.